The number of fused-ring (bicyclic) bond motifs is 2. The molecule has 7 nitrogen and oxygen atoms in total. The maximum absolute atomic E-state index is 12.6. The van der Waals surface area contributed by atoms with Crippen LogP contribution >= 0.6 is 0 Å². The smallest absolute Gasteiger partial charge is 0.205 e. The lowest BCUT2D eigenvalue weighted by molar-refractivity contribution is 0.103. The van der Waals surface area contributed by atoms with E-state index < -0.39 is 5.43 Å². The molecule has 1 aliphatic heterocycles. The molecule has 26 heavy (non-hydrogen) atoms. The van der Waals surface area contributed by atoms with Crippen LogP contribution in [0.5, 0.6) is 11.5 Å². The molecule has 0 radical (unpaired) electrons. The van der Waals surface area contributed by atoms with Gasteiger partial charge in [-0.3, -0.25) is 9.59 Å². The molecule has 2 aromatic carbocycles. The second-order valence-electron chi connectivity index (χ2n) is 5.79. The van der Waals surface area contributed by atoms with Crippen molar-refractivity contribution in [3.63, 3.8) is 0 Å². The molecular weight excluding hydrogens is 336 g/mol. The monoisotopic (exact) mass is 348 g/mol. The van der Waals surface area contributed by atoms with Gasteiger partial charge in [-0.05, 0) is 42.5 Å². The largest absolute Gasteiger partial charge is 0.508 e. The normalized spacial score (nSPS) is 11.1. The van der Waals surface area contributed by atoms with Gasteiger partial charge in [0.15, 0.2) is 22.9 Å². The molecule has 4 N–H and O–H groups in total. The number of benzene rings is 3. The van der Waals surface area contributed by atoms with Crippen molar-refractivity contribution in [1.82, 2.24) is 4.98 Å². The molecular formula is C19H12N2O5. The summed E-state index contributed by atoms with van der Waals surface area (Å²) < 4.78 is 5.56. The Kier molecular flexibility index (Phi) is 3.37. The Morgan fingerprint density at radius 3 is 2.46 bits per heavy atom. The predicted molar refractivity (Wildman–Crippen MR) is 94.5 cm³/mol. The van der Waals surface area contributed by atoms with Gasteiger partial charge in [0.2, 0.25) is 5.43 Å². The second-order valence-corrected chi connectivity index (χ2v) is 5.79. The summed E-state index contributed by atoms with van der Waals surface area (Å²) in [7, 11) is 0. The van der Waals surface area contributed by atoms with E-state index in [4.69, 9.17) is 10.2 Å². The molecule has 2 aromatic rings. The van der Waals surface area contributed by atoms with Crippen LogP contribution in [0.1, 0.15) is 15.9 Å². The number of aromatic nitrogens is 1. The van der Waals surface area contributed by atoms with Crippen molar-refractivity contribution >= 4 is 22.6 Å². The molecule has 0 spiro atoms. The molecule has 0 saturated carbocycles. The number of ketones is 1. The fraction of sp³-hybridized carbons (Fsp3) is 0. The van der Waals surface area contributed by atoms with Crippen molar-refractivity contribution in [2.24, 2.45) is 0 Å². The Morgan fingerprint density at radius 2 is 1.73 bits per heavy atom. The van der Waals surface area contributed by atoms with Crippen molar-refractivity contribution in [2.75, 3.05) is 5.73 Å². The molecule has 0 aromatic heterocycles. The minimum absolute atomic E-state index is 0.0279. The third-order valence-corrected chi connectivity index (χ3v) is 3.99. The topological polar surface area (TPSA) is 127 Å². The third kappa shape index (κ3) is 2.51. The Bertz CT molecular complexity index is 1200. The van der Waals surface area contributed by atoms with Crippen LogP contribution in [0, 0.1) is 0 Å². The van der Waals surface area contributed by atoms with Crippen molar-refractivity contribution in [2.45, 2.75) is 0 Å². The lowest BCUT2D eigenvalue weighted by Crippen LogP contribution is -2.08. The number of nitrogens with two attached hydrogens (primary N) is 1. The molecule has 0 fully saturated rings. The minimum Gasteiger partial charge on any atom is -0.508 e. The number of rotatable bonds is 2. The van der Waals surface area contributed by atoms with Crippen molar-refractivity contribution < 1.29 is 19.4 Å². The summed E-state index contributed by atoms with van der Waals surface area (Å²) in [5, 5.41) is 19.6. The van der Waals surface area contributed by atoms with Gasteiger partial charge in [-0.1, -0.05) is 0 Å². The number of anilines is 1. The number of hydrogen-bond donors (Lipinski definition) is 3. The molecule has 0 atom stereocenters. The van der Waals surface area contributed by atoms with Crippen LogP contribution in [0.3, 0.4) is 0 Å². The molecule has 1 aliphatic carbocycles. The van der Waals surface area contributed by atoms with Gasteiger partial charge >= 0.3 is 0 Å². The zero-order valence-corrected chi connectivity index (χ0v) is 13.3. The highest BCUT2D eigenvalue weighted by Crippen LogP contribution is 2.32. The first-order valence-corrected chi connectivity index (χ1v) is 7.63. The molecule has 0 bridgehead atoms. The van der Waals surface area contributed by atoms with Crippen LogP contribution in [-0.4, -0.2) is 21.0 Å². The zero-order chi connectivity index (χ0) is 18.4. The van der Waals surface area contributed by atoms with E-state index in [9.17, 15) is 19.8 Å². The summed E-state index contributed by atoms with van der Waals surface area (Å²) in [6.07, 6.45) is 0. The van der Waals surface area contributed by atoms with Gasteiger partial charge in [-0.15, -0.1) is 0 Å². The standard InChI is InChI=1S/C19H12N2O5/c20-12-7-13-17(8-15(12)23)26-19-14(21-13)5-10(6-16(19)24)18(25)9-1-3-11(22)4-2-9/h1-8,22,24H,20H2. The minimum atomic E-state index is -0.402. The van der Waals surface area contributed by atoms with Gasteiger partial charge in [-0.2, -0.15) is 0 Å². The van der Waals surface area contributed by atoms with Crippen molar-refractivity contribution in [3.8, 4) is 23.0 Å². The molecule has 1 heterocycles. The van der Waals surface area contributed by atoms with E-state index in [2.05, 4.69) is 4.98 Å². The number of aromatic hydroxyl groups is 2. The lowest BCUT2D eigenvalue weighted by atomic mass is 10.0. The van der Waals surface area contributed by atoms with Gasteiger partial charge in [0, 0.05) is 17.2 Å². The summed E-state index contributed by atoms with van der Waals surface area (Å²) in [6, 6.07) is 11.1. The first-order chi connectivity index (χ1) is 12.4. The number of nitrogens with zero attached hydrogens (tertiary/aromatic N) is 1. The summed E-state index contributed by atoms with van der Waals surface area (Å²) >= 11 is 0. The van der Waals surface area contributed by atoms with Crippen LogP contribution in [0.2, 0.25) is 0 Å². The predicted octanol–water partition coefficient (Wildman–Crippen LogP) is 2.52. The van der Waals surface area contributed by atoms with Crippen LogP contribution < -0.4 is 11.2 Å². The fourth-order valence-electron chi connectivity index (χ4n) is 2.67. The summed E-state index contributed by atoms with van der Waals surface area (Å²) in [5.41, 5.74) is 6.43. The first-order valence-electron chi connectivity index (χ1n) is 7.63. The number of nitrogen functional groups attached to an aromatic ring is 1. The Morgan fingerprint density at radius 1 is 1.00 bits per heavy atom. The van der Waals surface area contributed by atoms with Crippen molar-refractivity contribution in [1.29, 1.82) is 0 Å². The van der Waals surface area contributed by atoms with Crippen LogP contribution in [0.25, 0.3) is 22.6 Å². The van der Waals surface area contributed by atoms with E-state index in [1.54, 1.807) is 0 Å². The summed E-state index contributed by atoms with van der Waals surface area (Å²) in [4.78, 5) is 28.6. The number of hydrogen-bond acceptors (Lipinski definition) is 7. The second kappa shape index (κ2) is 5.59. The summed E-state index contributed by atoms with van der Waals surface area (Å²) in [5.74, 6) is -0.392. The molecule has 4 rings (SSSR count). The molecule has 0 saturated heterocycles. The quantitative estimate of drug-likeness (QED) is 0.288. The van der Waals surface area contributed by atoms with Crippen LogP contribution in [0.15, 0.2) is 57.7 Å². The Labute approximate surface area is 146 Å². The molecule has 0 unspecified atom stereocenters. The van der Waals surface area contributed by atoms with E-state index in [0.29, 0.717) is 11.3 Å². The Balaban J connectivity index is 1.90. The average molecular weight is 348 g/mol. The third-order valence-electron chi connectivity index (χ3n) is 3.99. The average Bonchev–Trinajstić information content (AvgIpc) is 2.61. The Hall–Kier alpha value is -3.87. The highest BCUT2D eigenvalue weighted by molar-refractivity contribution is 6.10. The SMILES string of the molecule is Nc1cc2nc3cc(C(=O)c4ccc(O)cc4)cc(O)c3oc-2cc1=O. The van der Waals surface area contributed by atoms with E-state index in [1.165, 1.54) is 48.5 Å². The number of carbonyl (C=O) groups is 1. The summed E-state index contributed by atoms with van der Waals surface area (Å²) in [6.45, 7) is 0. The van der Waals surface area contributed by atoms with Gasteiger partial charge in [0.05, 0.1) is 5.69 Å². The maximum Gasteiger partial charge on any atom is 0.205 e. The molecule has 2 aliphatic rings. The van der Waals surface area contributed by atoms with Gasteiger partial charge in [0.1, 0.15) is 17.0 Å². The van der Waals surface area contributed by atoms with Gasteiger partial charge < -0.3 is 20.4 Å². The van der Waals surface area contributed by atoms with Crippen molar-refractivity contribution in [3.05, 3.63) is 69.9 Å². The van der Waals surface area contributed by atoms with Crippen LogP contribution in [-0.2, 0) is 0 Å². The van der Waals surface area contributed by atoms with E-state index in [0.717, 1.165) is 0 Å². The van der Waals surface area contributed by atoms with E-state index in [1.807, 2.05) is 0 Å². The van der Waals surface area contributed by atoms with E-state index >= 15 is 0 Å². The fourth-order valence-corrected chi connectivity index (χ4v) is 2.67. The maximum atomic E-state index is 12.6. The number of phenols is 2. The number of carbonyl (C=O) groups excluding carboxylic acids is 1. The first kappa shape index (κ1) is 15.6. The molecule has 128 valence electrons. The zero-order valence-electron chi connectivity index (χ0n) is 13.3. The lowest BCUT2D eigenvalue weighted by Gasteiger charge is -2.09. The molecule has 7 heteroatoms. The highest BCUT2D eigenvalue weighted by Gasteiger charge is 2.18. The van der Waals surface area contributed by atoms with Gasteiger partial charge in [-0.25, -0.2) is 4.98 Å². The molecule has 0 amide bonds. The number of phenolic OH excluding ortho intramolecular Hbond substituents is 2. The van der Waals surface area contributed by atoms with Crippen LogP contribution in [0.4, 0.5) is 5.69 Å². The van der Waals surface area contributed by atoms with E-state index in [-0.39, 0.29) is 45.4 Å². The van der Waals surface area contributed by atoms with Gasteiger partial charge in [0.25, 0.3) is 0 Å². The highest BCUT2D eigenvalue weighted by atomic mass is 16.4.